The van der Waals surface area contributed by atoms with Crippen LogP contribution in [0.1, 0.15) is 0 Å². The first-order valence-electron chi connectivity index (χ1n) is 5.32. The van der Waals surface area contributed by atoms with Crippen LogP contribution in [0.3, 0.4) is 0 Å². The Kier molecular flexibility index (Phi) is 4.04. The van der Waals surface area contributed by atoms with Gasteiger partial charge >= 0.3 is 5.51 Å². The lowest BCUT2D eigenvalue weighted by atomic mass is 10.2. The van der Waals surface area contributed by atoms with E-state index in [9.17, 15) is 18.3 Å². The minimum Gasteiger partial charge on any atom is -0.388 e. The fraction of sp³-hybridized carbons (Fsp3) is 0.455. The number of rotatable bonds is 3. The summed E-state index contributed by atoms with van der Waals surface area (Å²) in [6.45, 7) is 0.667. The van der Waals surface area contributed by atoms with E-state index in [0.717, 1.165) is 0 Å². The molecule has 0 radical (unpaired) electrons. The summed E-state index contributed by atoms with van der Waals surface area (Å²) in [5.41, 5.74) is -3.61. The summed E-state index contributed by atoms with van der Waals surface area (Å²) in [5, 5.41) is 12.5. The maximum absolute atomic E-state index is 12.1. The molecule has 2 N–H and O–H groups in total. The standard InChI is InChI=1S/C11H12F3NO2S/c12-11(13,14)18-8-3-1-7(2-4-8)15-9-5-17-6-10(9)16/h1-4,9-10,15-16H,5-6H2/t9-,10-/m0/s1. The van der Waals surface area contributed by atoms with Gasteiger partial charge in [-0.2, -0.15) is 13.2 Å². The number of anilines is 1. The van der Waals surface area contributed by atoms with Crippen LogP contribution in [0.25, 0.3) is 0 Å². The van der Waals surface area contributed by atoms with Gasteiger partial charge in [-0.15, -0.1) is 0 Å². The van der Waals surface area contributed by atoms with E-state index in [1.165, 1.54) is 12.1 Å². The molecule has 1 aliphatic heterocycles. The minimum absolute atomic E-state index is 0.135. The molecule has 0 aromatic heterocycles. The van der Waals surface area contributed by atoms with Gasteiger partial charge in [-0.1, -0.05) is 0 Å². The normalized spacial score (nSPS) is 24.2. The maximum atomic E-state index is 12.1. The summed E-state index contributed by atoms with van der Waals surface area (Å²) in [6, 6.07) is 5.68. The molecule has 0 unspecified atom stereocenters. The Hall–Kier alpha value is -0.920. The highest BCUT2D eigenvalue weighted by atomic mass is 32.2. The van der Waals surface area contributed by atoms with Crippen molar-refractivity contribution in [2.75, 3.05) is 18.5 Å². The molecule has 0 spiro atoms. The number of aliphatic hydroxyl groups is 1. The number of ether oxygens (including phenoxy) is 1. The molecule has 18 heavy (non-hydrogen) atoms. The first-order valence-corrected chi connectivity index (χ1v) is 6.14. The van der Waals surface area contributed by atoms with Crippen LogP contribution >= 0.6 is 11.8 Å². The molecular weight excluding hydrogens is 267 g/mol. The third-order valence-corrected chi connectivity index (χ3v) is 3.23. The summed E-state index contributed by atoms with van der Waals surface area (Å²) in [7, 11) is 0. The Morgan fingerprint density at radius 3 is 2.39 bits per heavy atom. The highest BCUT2D eigenvalue weighted by Crippen LogP contribution is 2.37. The zero-order valence-corrected chi connectivity index (χ0v) is 10.1. The lowest BCUT2D eigenvalue weighted by molar-refractivity contribution is -0.0328. The zero-order valence-electron chi connectivity index (χ0n) is 9.28. The monoisotopic (exact) mass is 279 g/mol. The van der Waals surface area contributed by atoms with Gasteiger partial charge in [-0.25, -0.2) is 0 Å². The van der Waals surface area contributed by atoms with Gasteiger partial charge in [0.05, 0.1) is 25.4 Å². The van der Waals surface area contributed by atoms with Gasteiger partial charge in [0, 0.05) is 10.6 Å². The van der Waals surface area contributed by atoms with Crippen molar-refractivity contribution in [3.8, 4) is 0 Å². The molecule has 0 bridgehead atoms. The number of nitrogens with one attached hydrogen (secondary N) is 1. The molecule has 0 aliphatic carbocycles. The van der Waals surface area contributed by atoms with Crippen molar-refractivity contribution >= 4 is 17.4 Å². The van der Waals surface area contributed by atoms with E-state index in [-0.39, 0.29) is 29.3 Å². The molecule has 1 fully saturated rings. The van der Waals surface area contributed by atoms with Crippen molar-refractivity contribution in [2.24, 2.45) is 0 Å². The third kappa shape index (κ3) is 3.79. The summed E-state index contributed by atoms with van der Waals surface area (Å²) in [4.78, 5) is 0.135. The van der Waals surface area contributed by atoms with E-state index < -0.39 is 11.6 Å². The molecule has 2 atom stereocenters. The third-order valence-electron chi connectivity index (χ3n) is 2.49. The number of alkyl halides is 3. The van der Waals surface area contributed by atoms with Crippen LogP contribution in [-0.4, -0.2) is 36.0 Å². The van der Waals surface area contributed by atoms with E-state index in [1.807, 2.05) is 0 Å². The van der Waals surface area contributed by atoms with E-state index in [1.54, 1.807) is 12.1 Å². The van der Waals surface area contributed by atoms with Crippen LogP contribution < -0.4 is 5.32 Å². The Morgan fingerprint density at radius 1 is 1.22 bits per heavy atom. The Labute approximate surface area is 106 Å². The Bertz CT molecular complexity index is 396. The fourth-order valence-electron chi connectivity index (χ4n) is 1.65. The van der Waals surface area contributed by atoms with Gasteiger partial charge < -0.3 is 15.2 Å². The van der Waals surface area contributed by atoms with Gasteiger partial charge in [0.2, 0.25) is 0 Å². The van der Waals surface area contributed by atoms with Gasteiger partial charge in [0.25, 0.3) is 0 Å². The Balaban J connectivity index is 1.95. The zero-order chi connectivity index (χ0) is 13.2. The first-order chi connectivity index (χ1) is 8.44. The minimum atomic E-state index is -4.27. The molecule has 0 saturated carbocycles. The molecule has 1 aliphatic rings. The summed E-state index contributed by atoms with van der Waals surface area (Å²) in [5.74, 6) is 0. The number of hydrogen-bond acceptors (Lipinski definition) is 4. The summed E-state index contributed by atoms with van der Waals surface area (Å²) < 4.78 is 41.4. The lowest BCUT2D eigenvalue weighted by Gasteiger charge is -2.16. The molecule has 1 aromatic rings. The van der Waals surface area contributed by atoms with Gasteiger partial charge in [-0.3, -0.25) is 0 Å². The number of halogens is 3. The number of benzene rings is 1. The largest absolute Gasteiger partial charge is 0.446 e. The molecule has 1 aromatic carbocycles. The molecule has 7 heteroatoms. The molecule has 100 valence electrons. The van der Waals surface area contributed by atoms with Crippen molar-refractivity contribution in [2.45, 2.75) is 22.5 Å². The van der Waals surface area contributed by atoms with Crippen LogP contribution in [0, 0.1) is 0 Å². The summed E-state index contributed by atoms with van der Waals surface area (Å²) in [6.07, 6.45) is -0.589. The van der Waals surface area contributed by atoms with Gasteiger partial charge in [0.1, 0.15) is 0 Å². The van der Waals surface area contributed by atoms with Crippen molar-refractivity contribution < 1.29 is 23.0 Å². The smallest absolute Gasteiger partial charge is 0.388 e. The van der Waals surface area contributed by atoms with Crippen LogP contribution in [0.15, 0.2) is 29.2 Å². The predicted molar refractivity (Wildman–Crippen MR) is 62.6 cm³/mol. The van der Waals surface area contributed by atoms with Crippen LogP contribution in [0.5, 0.6) is 0 Å². The van der Waals surface area contributed by atoms with Crippen molar-refractivity contribution in [1.82, 2.24) is 0 Å². The lowest BCUT2D eigenvalue weighted by Crippen LogP contribution is -2.31. The van der Waals surface area contributed by atoms with E-state index in [0.29, 0.717) is 12.3 Å². The molecular formula is C11H12F3NO2S. The molecule has 0 amide bonds. The van der Waals surface area contributed by atoms with E-state index in [4.69, 9.17) is 4.74 Å². The van der Waals surface area contributed by atoms with Crippen molar-refractivity contribution in [1.29, 1.82) is 0 Å². The van der Waals surface area contributed by atoms with E-state index in [2.05, 4.69) is 5.32 Å². The van der Waals surface area contributed by atoms with Crippen LogP contribution in [0.2, 0.25) is 0 Å². The van der Waals surface area contributed by atoms with Crippen LogP contribution in [-0.2, 0) is 4.74 Å². The second-order valence-electron chi connectivity index (χ2n) is 3.93. The fourth-order valence-corrected chi connectivity index (χ4v) is 2.19. The highest BCUT2D eigenvalue weighted by molar-refractivity contribution is 8.00. The quantitative estimate of drug-likeness (QED) is 0.834. The first kappa shape index (κ1) is 13.5. The molecule has 3 nitrogen and oxygen atoms in total. The van der Waals surface area contributed by atoms with Crippen LogP contribution in [0.4, 0.5) is 18.9 Å². The second-order valence-corrected chi connectivity index (χ2v) is 5.07. The van der Waals surface area contributed by atoms with Crippen molar-refractivity contribution in [3.05, 3.63) is 24.3 Å². The van der Waals surface area contributed by atoms with Crippen molar-refractivity contribution in [3.63, 3.8) is 0 Å². The van der Waals surface area contributed by atoms with Gasteiger partial charge in [0.15, 0.2) is 0 Å². The predicted octanol–water partition coefficient (Wildman–Crippen LogP) is 2.47. The number of aliphatic hydroxyl groups excluding tert-OH is 1. The summed E-state index contributed by atoms with van der Waals surface area (Å²) >= 11 is -0.149. The second kappa shape index (κ2) is 5.38. The topological polar surface area (TPSA) is 41.5 Å². The molecule has 1 heterocycles. The SMILES string of the molecule is O[C@H]1COC[C@@H]1Nc1ccc(SC(F)(F)F)cc1. The average Bonchev–Trinajstić information content (AvgIpc) is 2.65. The molecule has 1 saturated heterocycles. The number of hydrogen-bond donors (Lipinski definition) is 2. The Morgan fingerprint density at radius 2 is 1.89 bits per heavy atom. The average molecular weight is 279 g/mol. The van der Waals surface area contributed by atoms with E-state index >= 15 is 0 Å². The van der Waals surface area contributed by atoms with Gasteiger partial charge in [-0.05, 0) is 36.0 Å². The highest BCUT2D eigenvalue weighted by Gasteiger charge is 2.29. The maximum Gasteiger partial charge on any atom is 0.446 e. The molecule has 2 rings (SSSR count). The number of thioether (sulfide) groups is 1.